The number of aromatic amines is 1. The van der Waals surface area contributed by atoms with Gasteiger partial charge in [0.25, 0.3) is 5.91 Å². The summed E-state index contributed by atoms with van der Waals surface area (Å²) < 4.78 is 0. The second-order valence-electron chi connectivity index (χ2n) is 5.02. The third kappa shape index (κ3) is 3.30. The number of thioether (sulfide) groups is 1. The maximum absolute atomic E-state index is 12.4. The quantitative estimate of drug-likeness (QED) is 0.859. The van der Waals surface area contributed by atoms with Gasteiger partial charge in [-0.15, -0.1) is 5.10 Å². The fraction of sp³-hybridized carbons (Fsp3) is 0.667. The van der Waals surface area contributed by atoms with Gasteiger partial charge in [-0.3, -0.25) is 14.7 Å². The zero-order valence-corrected chi connectivity index (χ0v) is 12.3. The Morgan fingerprint density at radius 2 is 2.30 bits per heavy atom. The predicted molar refractivity (Wildman–Crippen MR) is 74.9 cm³/mol. The Kier molecular flexibility index (Phi) is 4.64. The molecule has 0 aromatic carbocycles. The Bertz CT molecular complexity index is 503. The molecule has 0 saturated carbocycles. The van der Waals surface area contributed by atoms with E-state index in [-0.39, 0.29) is 30.1 Å². The molecular formula is C12H18N4O3S. The number of carboxylic acids is 1. The minimum atomic E-state index is -0.895. The lowest BCUT2D eigenvalue weighted by molar-refractivity contribution is -0.138. The van der Waals surface area contributed by atoms with Crippen LogP contribution in [0.3, 0.4) is 0 Å². The maximum atomic E-state index is 12.4. The highest BCUT2D eigenvalue weighted by atomic mass is 32.2. The molecule has 7 nitrogen and oxygen atoms in total. The number of amides is 1. The van der Waals surface area contributed by atoms with Crippen molar-refractivity contribution >= 4 is 23.6 Å². The first-order valence-corrected chi connectivity index (χ1v) is 7.67. The van der Waals surface area contributed by atoms with Crippen molar-refractivity contribution < 1.29 is 14.7 Å². The zero-order valence-electron chi connectivity index (χ0n) is 11.5. The molecular weight excluding hydrogens is 280 g/mol. The molecule has 2 heterocycles. The number of rotatable bonds is 4. The fourth-order valence-electron chi connectivity index (χ4n) is 2.05. The van der Waals surface area contributed by atoms with Crippen molar-refractivity contribution in [3.05, 3.63) is 11.6 Å². The third-order valence-corrected chi connectivity index (χ3v) is 4.23. The molecule has 1 unspecified atom stereocenters. The summed E-state index contributed by atoms with van der Waals surface area (Å²) in [7, 11) is 0. The molecule has 0 aliphatic carbocycles. The molecule has 1 aliphatic rings. The zero-order chi connectivity index (χ0) is 14.7. The number of nitrogens with one attached hydrogen (secondary N) is 1. The lowest BCUT2D eigenvalue weighted by atomic mass is 10.2. The lowest BCUT2D eigenvalue weighted by Crippen LogP contribution is -2.47. The van der Waals surface area contributed by atoms with E-state index in [4.69, 9.17) is 5.11 Å². The molecule has 0 bridgehead atoms. The van der Waals surface area contributed by atoms with Crippen LogP contribution in [0, 0.1) is 0 Å². The largest absolute Gasteiger partial charge is 0.481 e. The molecule has 1 atom stereocenters. The van der Waals surface area contributed by atoms with Crippen LogP contribution in [-0.2, 0) is 4.79 Å². The minimum absolute atomic E-state index is 0.0415. The predicted octanol–water partition coefficient (Wildman–Crippen LogP) is 0.960. The molecule has 8 heteroatoms. The molecule has 110 valence electrons. The Balaban J connectivity index is 2.13. The summed E-state index contributed by atoms with van der Waals surface area (Å²) in [6.07, 6.45) is -0.0415. The van der Waals surface area contributed by atoms with Gasteiger partial charge in [-0.05, 0) is 0 Å². The smallest absolute Gasteiger partial charge is 0.305 e. The summed E-state index contributed by atoms with van der Waals surface area (Å²) in [5.41, 5.74) is 0. The molecule has 1 aromatic rings. The van der Waals surface area contributed by atoms with Gasteiger partial charge in [0.05, 0.1) is 12.5 Å². The molecule has 1 aliphatic heterocycles. The van der Waals surface area contributed by atoms with E-state index in [0.717, 1.165) is 5.75 Å². The molecule has 20 heavy (non-hydrogen) atoms. The Morgan fingerprint density at radius 3 is 2.90 bits per heavy atom. The van der Waals surface area contributed by atoms with Crippen molar-refractivity contribution in [2.24, 2.45) is 0 Å². The average molecular weight is 298 g/mol. The van der Waals surface area contributed by atoms with Crippen molar-refractivity contribution in [3.8, 4) is 0 Å². The van der Waals surface area contributed by atoms with Gasteiger partial charge < -0.3 is 10.0 Å². The number of hydrogen-bond acceptors (Lipinski definition) is 5. The van der Waals surface area contributed by atoms with Gasteiger partial charge in [0.15, 0.2) is 0 Å². The van der Waals surface area contributed by atoms with Crippen LogP contribution in [0.25, 0.3) is 0 Å². The average Bonchev–Trinajstić information content (AvgIpc) is 2.87. The first-order chi connectivity index (χ1) is 9.49. The van der Waals surface area contributed by atoms with Crippen LogP contribution in [0.5, 0.6) is 0 Å². The molecule has 0 radical (unpaired) electrons. The van der Waals surface area contributed by atoms with Gasteiger partial charge in [-0.1, -0.05) is 13.8 Å². The molecule has 2 rings (SSSR count). The SMILES string of the molecule is CC(C)c1nc(C(=O)N2CCSCC2CC(=O)O)n[nH]1. The third-order valence-electron chi connectivity index (χ3n) is 3.14. The van der Waals surface area contributed by atoms with E-state index in [2.05, 4.69) is 15.2 Å². The minimum Gasteiger partial charge on any atom is -0.481 e. The summed E-state index contributed by atoms with van der Waals surface area (Å²) >= 11 is 1.67. The van der Waals surface area contributed by atoms with E-state index < -0.39 is 5.97 Å². The van der Waals surface area contributed by atoms with E-state index in [0.29, 0.717) is 18.1 Å². The van der Waals surface area contributed by atoms with Crippen molar-refractivity contribution in [1.29, 1.82) is 0 Å². The van der Waals surface area contributed by atoms with Crippen LogP contribution >= 0.6 is 11.8 Å². The van der Waals surface area contributed by atoms with Gasteiger partial charge >= 0.3 is 5.97 Å². The summed E-state index contributed by atoms with van der Waals surface area (Å²) in [5.74, 6) is 1.21. The topological polar surface area (TPSA) is 99.2 Å². The molecule has 1 fully saturated rings. The second-order valence-corrected chi connectivity index (χ2v) is 6.17. The number of carbonyl (C=O) groups is 2. The lowest BCUT2D eigenvalue weighted by Gasteiger charge is -2.33. The second kappa shape index (κ2) is 6.25. The highest BCUT2D eigenvalue weighted by molar-refractivity contribution is 7.99. The summed E-state index contributed by atoms with van der Waals surface area (Å²) in [6, 6.07) is -0.292. The number of hydrogen-bond donors (Lipinski definition) is 2. The number of aromatic nitrogens is 3. The number of carbonyl (C=O) groups excluding carboxylic acids is 1. The highest BCUT2D eigenvalue weighted by Crippen LogP contribution is 2.21. The van der Waals surface area contributed by atoms with Gasteiger partial charge in [-0.25, -0.2) is 4.98 Å². The van der Waals surface area contributed by atoms with Crippen molar-refractivity contribution in [2.75, 3.05) is 18.1 Å². The fourth-order valence-corrected chi connectivity index (χ4v) is 3.11. The number of aliphatic carboxylic acids is 1. The Hall–Kier alpha value is -1.57. The van der Waals surface area contributed by atoms with Crippen molar-refractivity contribution in [3.63, 3.8) is 0 Å². The Labute approximate surface area is 121 Å². The summed E-state index contributed by atoms with van der Waals surface area (Å²) in [5, 5.41) is 15.6. The standard InChI is InChI=1S/C12H18N4O3S/c1-7(2)10-13-11(15-14-10)12(19)16-3-4-20-6-8(16)5-9(17)18/h7-8H,3-6H2,1-2H3,(H,17,18)(H,13,14,15). The number of H-pyrrole nitrogens is 1. The Morgan fingerprint density at radius 1 is 1.55 bits per heavy atom. The van der Waals surface area contributed by atoms with E-state index in [1.807, 2.05) is 13.8 Å². The number of carboxylic acid groups (broad SMARTS) is 1. The van der Waals surface area contributed by atoms with Crippen LogP contribution in [0.15, 0.2) is 0 Å². The van der Waals surface area contributed by atoms with Gasteiger partial charge in [0.1, 0.15) is 5.82 Å². The van der Waals surface area contributed by atoms with Crippen molar-refractivity contribution in [1.82, 2.24) is 20.1 Å². The van der Waals surface area contributed by atoms with E-state index in [9.17, 15) is 9.59 Å². The molecule has 1 aromatic heterocycles. The monoisotopic (exact) mass is 298 g/mol. The van der Waals surface area contributed by atoms with Gasteiger partial charge in [0.2, 0.25) is 5.82 Å². The molecule has 1 saturated heterocycles. The van der Waals surface area contributed by atoms with E-state index in [1.165, 1.54) is 0 Å². The van der Waals surface area contributed by atoms with E-state index in [1.54, 1.807) is 16.7 Å². The first-order valence-electron chi connectivity index (χ1n) is 6.52. The maximum Gasteiger partial charge on any atom is 0.305 e. The first kappa shape index (κ1) is 14.8. The highest BCUT2D eigenvalue weighted by Gasteiger charge is 2.31. The summed E-state index contributed by atoms with van der Waals surface area (Å²) in [4.78, 5) is 29.1. The molecule has 2 N–H and O–H groups in total. The normalized spacial score (nSPS) is 19.4. The molecule has 1 amide bonds. The van der Waals surface area contributed by atoms with Crippen LogP contribution < -0.4 is 0 Å². The number of nitrogens with zero attached hydrogens (tertiary/aromatic N) is 3. The van der Waals surface area contributed by atoms with Crippen LogP contribution in [0.4, 0.5) is 0 Å². The van der Waals surface area contributed by atoms with Crippen LogP contribution in [0.1, 0.15) is 42.6 Å². The van der Waals surface area contributed by atoms with Crippen LogP contribution in [0.2, 0.25) is 0 Å². The van der Waals surface area contributed by atoms with Gasteiger partial charge in [0, 0.05) is 24.0 Å². The van der Waals surface area contributed by atoms with Crippen LogP contribution in [-0.4, -0.2) is 61.2 Å². The molecule has 0 spiro atoms. The van der Waals surface area contributed by atoms with Gasteiger partial charge in [-0.2, -0.15) is 11.8 Å². The van der Waals surface area contributed by atoms with Crippen molar-refractivity contribution in [2.45, 2.75) is 32.2 Å². The summed E-state index contributed by atoms with van der Waals surface area (Å²) in [6.45, 7) is 4.45. The van der Waals surface area contributed by atoms with E-state index >= 15 is 0 Å².